The van der Waals surface area contributed by atoms with Crippen molar-refractivity contribution >= 4 is 30.0 Å². The van der Waals surface area contributed by atoms with Crippen LogP contribution in [0.4, 0.5) is 4.39 Å². The number of hydrogen-bond acceptors (Lipinski definition) is 2. The summed E-state index contributed by atoms with van der Waals surface area (Å²) in [5.41, 5.74) is 0.416. The lowest BCUT2D eigenvalue weighted by atomic mass is 9.99. The van der Waals surface area contributed by atoms with Gasteiger partial charge in [-0.2, -0.15) is 0 Å². The number of benzene rings is 1. The van der Waals surface area contributed by atoms with Gasteiger partial charge in [0.25, 0.3) is 0 Å². The molecular formula is C14H20BrFO2Si. The average Bonchev–Trinajstić information content (AvgIpc) is 2.30. The highest BCUT2D eigenvalue weighted by Crippen LogP contribution is 2.38. The van der Waals surface area contributed by atoms with E-state index >= 15 is 0 Å². The summed E-state index contributed by atoms with van der Waals surface area (Å²) in [7, 11) is -2.04. The van der Waals surface area contributed by atoms with E-state index in [0.29, 0.717) is 16.6 Å². The Labute approximate surface area is 123 Å². The molecule has 0 saturated carbocycles. The Kier molecular flexibility index (Phi) is 4.95. The number of rotatable bonds is 4. The van der Waals surface area contributed by atoms with Gasteiger partial charge in [-0.05, 0) is 35.8 Å². The fraction of sp³-hybridized carbons (Fsp3) is 0.500. The maximum Gasteiger partial charge on any atom is 0.313 e. The second-order valence-electron chi connectivity index (χ2n) is 5.70. The van der Waals surface area contributed by atoms with E-state index < -0.39 is 13.1 Å². The highest BCUT2D eigenvalue weighted by Gasteiger charge is 2.49. The first kappa shape index (κ1) is 16.4. The number of hydrogen-bond donors (Lipinski definition) is 0. The van der Waals surface area contributed by atoms with Crippen LogP contribution in [-0.4, -0.2) is 20.7 Å². The highest BCUT2D eigenvalue weighted by atomic mass is 79.9. The zero-order chi connectivity index (χ0) is 14.8. The summed E-state index contributed by atoms with van der Waals surface area (Å²) in [6.45, 7) is 10.00. The Morgan fingerprint density at radius 1 is 1.42 bits per heavy atom. The molecule has 106 valence electrons. The molecule has 0 amide bonds. The van der Waals surface area contributed by atoms with Crippen LogP contribution in [0.5, 0.6) is 0 Å². The second kappa shape index (κ2) is 5.75. The molecule has 0 fully saturated rings. The predicted octanol–water partition coefficient (Wildman–Crippen LogP) is 4.29. The molecule has 0 aliphatic heterocycles. The zero-order valence-electron chi connectivity index (χ0n) is 12.0. The number of carbonyl (C=O) groups excluding carboxylic acids is 1. The van der Waals surface area contributed by atoms with E-state index in [2.05, 4.69) is 15.9 Å². The lowest BCUT2D eigenvalue weighted by Crippen LogP contribution is -2.54. The largest absolute Gasteiger partial charge is 0.466 e. The van der Waals surface area contributed by atoms with Crippen molar-refractivity contribution in [1.29, 1.82) is 0 Å². The summed E-state index contributed by atoms with van der Waals surface area (Å²) in [6, 6.07) is 5.06. The molecule has 0 aliphatic rings. The van der Waals surface area contributed by atoms with Crippen molar-refractivity contribution < 1.29 is 13.9 Å². The predicted molar refractivity (Wildman–Crippen MR) is 81.4 cm³/mol. The number of esters is 1. The third kappa shape index (κ3) is 2.92. The minimum Gasteiger partial charge on any atom is -0.466 e. The minimum absolute atomic E-state index is 0.300. The lowest BCUT2D eigenvalue weighted by molar-refractivity contribution is -0.146. The van der Waals surface area contributed by atoms with Crippen LogP contribution in [-0.2, 0) is 14.6 Å². The molecule has 1 unspecified atom stereocenters. The van der Waals surface area contributed by atoms with Crippen LogP contribution in [0.15, 0.2) is 22.7 Å². The Hall–Kier alpha value is -0.683. The molecule has 0 aliphatic carbocycles. The van der Waals surface area contributed by atoms with Gasteiger partial charge in [-0.1, -0.05) is 31.8 Å². The Bertz CT molecular complexity index is 485. The van der Waals surface area contributed by atoms with E-state index in [-0.39, 0.29) is 11.8 Å². The van der Waals surface area contributed by atoms with E-state index in [0.717, 1.165) is 0 Å². The summed E-state index contributed by atoms with van der Waals surface area (Å²) < 4.78 is 20.0. The van der Waals surface area contributed by atoms with Crippen molar-refractivity contribution in [2.45, 2.75) is 38.5 Å². The lowest BCUT2D eigenvalue weighted by Gasteiger charge is -2.38. The molecule has 1 aromatic rings. The van der Waals surface area contributed by atoms with Gasteiger partial charge < -0.3 is 4.74 Å². The first-order valence-corrected chi connectivity index (χ1v) is 10.6. The number of carbonyl (C=O) groups is 1. The molecule has 0 heterocycles. The quantitative estimate of drug-likeness (QED) is 0.600. The van der Waals surface area contributed by atoms with E-state index in [1.54, 1.807) is 32.0 Å². The first-order valence-electron chi connectivity index (χ1n) is 6.28. The van der Waals surface area contributed by atoms with Crippen LogP contribution in [0, 0.1) is 5.82 Å². The zero-order valence-corrected chi connectivity index (χ0v) is 14.6. The molecule has 1 rings (SSSR count). The molecular weight excluding hydrogens is 327 g/mol. The van der Waals surface area contributed by atoms with Crippen LogP contribution < -0.4 is 0 Å². The molecule has 5 heteroatoms. The average molecular weight is 347 g/mol. The Morgan fingerprint density at radius 3 is 2.47 bits per heavy atom. The fourth-order valence-corrected chi connectivity index (χ4v) is 4.04. The van der Waals surface area contributed by atoms with Gasteiger partial charge in [0.05, 0.1) is 24.2 Å². The van der Waals surface area contributed by atoms with Crippen LogP contribution in [0.2, 0.25) is 19.6 Å². The van der Waals surface area contributed by atoms with Crippen LogP contribution >= 0.6 is 15.9 Å². The van der Waals surface area contributed by atoms with Crippen molar-refractivity contribution in [3.05, 3.63) is 34.1 Å². The van der Waals surface area contributed by atoms with E-state index in [4.69, 9.17) is 4.74 Å². The fourth-order valence-electron chi connectivity index (χ4n) is 1.99. The van der Waals surface area contributed by atoms with Crippen LogP contribution in [0.3, 0.4) is 0 Å². The summed E-state index contributed by atoms with van der Waals surface area (Å²) in [5.74, 6) is -0.716. The van der Waals surface area contributed by atoms with Gasteiger partial charge in [0.1, 0.15) is 5.82 Å². The maximum absolute atomic E-state index is 14.4. The molecule has 1 aromatic carbocycles. The maximum atomic E-state index is 14.4. The van der Waals surface area contributed by atoms with Crippen molar-refractivity contribution in [2.24, 2.45) is 0 Å². The number of ether oxygens (including phenoxy) is 1. The standard InChI is InChI=1S/C14H20BrFO2Si/c1-6-18-13(17)14(2,19(3,4)5)10-8-7-9-11(15)12(10)16/h7-9H,6H2,1-5H3. The molecule has 0 bridgehead atoms. The van der Waals surface area contributed by atoms with E-state index in [1.165, 1.54) is 0 Å². The molecule has 1 atom stereocenters. The summed E-state index contributed by atoms with van der Waals surface area (Å²) >= 11 is 3.18. The van der Waals surface area contributed by atoms with Gasteiger partial charge in [-0.25, -0.2) is 4.39 Å². The van der Waals surface area contributed by atoms with Gasteiger partial charge in [-0.3, -0.25) is 4.79 Å². The summed E-state index contributed by atoms with van der Waals surface area (Å²) in [6.07, 6.45) is 0. The van der Waals surface area contributed by atoms with Gasteiger partial charge >= 0.3 is 5.97 Å². The van der Waals surface area contributed by atoms with Crippen LogP contribution in [0.25, 0.3) is 0 Å². The molecule has 2 nitrogen and oxygen atoms in total. The van der Waals surface area contributed by atoms with Gasteiger partial charge in [-0.15, -0.1) is 0 Å². The molecule has 0 N–H and O–H groups in total. The van der Waals surface area contributed by atoms with Crippen molar-refractivity contribution in [3.8, 4) is 0 Å². The molecule has 0 radical (unpaired) electrons. The smallest absolute Gasteiger partial charge is 0.313 e. The van der Waals surface area contributed by atoms with Gasteiger partial charge in [0.2, 0.25) is 0 Å². The second-order valence-corrected chi connectivity index (χ2v) is 12.1. The monoisotopic (exact) mass is 346 g/mol. The molecule has 19 heavy (non-hydrogen) atoms. The van der Waals surface area contributed by atoms with Gasteiger partial charge in [0.15, 0.2) is 0 Å². The van der Waals surface area contributed by atoms with Crippen molar-refractivity contribution in [1.82, 2.24) is 0 Å². The summed E-state index contributed by atoms with van der Waals surface area (Å²) in [4.78, 5) is 12.4. The van der Waals surface area contributed by atoms with Crippen molar-refractivity contribution in [2.75, 3.05) is 6.61 Å². The third-order valence-corrected chi connectivity index (χ3v) is 7.76. The van der Waals surface area contributed by atoms with E-state index in [9.17, 15) is 9.18 Å². The normalized spacial score (nSPS) is 14.9. The van der Waals surface area contributed by atoms with Crippen LogP contribution in [0.1, 0.15) is 19.4 Å². The van der Waals surface area contributed by atoms with E-state index in [1.807, 2.05) is 19.6 Å². The third-order valence-electron chi connectivity index (χ3n) is 3.67. The molecule has 0 aromatic heterocycles. The highest BCUT2D eigenvalue weighted by molar-refractivity contribution is 9.10. The molecule has 0 saturated heterocycles. The van der Waals surface area contributed by atoms with Crippen molar-refractivity contribution in [3.63, 3.8) is 0 Å². The topological polar surface area (TPSA) is 26.3 Å². The van der Waals surface area contributed by atoms with Gasteiger partial charge in [0, 0.05) is 5.56 Å². The molecule has 0 spiro atoms. The Morgan fingerprint density at radius 2 is 2.00 bits per heavy atom. The minimum atomic E-state index is -2.04. The number of halogens is 2. The SMILES string of the molecule is CCOC(=O)C(C)(c1cccc(Br)c1F)[Si](C)(C)C. The Balaban J connectivity index is 3.49. The summed E-state index contributed by atoms with van der Waals surface area (Å²) in [5, 5.41) is -0.906. The first-order chi connectivity index (χ1) is 8.66.